The third kappa shape index (κ3) is 3.07. The Morgan fingerprint density at radius 1 is 1.44 bits per heavy atom. The van der Waals surface area contributed by atoms with Gasteiger partial charge in [-0.2, -0.15) is 0 Å². The number of amides is 1. The molecule has 0 N–H and O–H groups in total. The van der Waals surface area contributed by atoms with E-state index in [1.165, 1.54) is 0 Å². The molecule has 0 saturated carbocycles. The molecule has 1 amide bonds. The zero-order chi connectivity index (χ0) is 12.1. The van der Waals surface area contributed by atoms with E-state index in [9.17, 15) is 4.79 Å². The molecule has 0 fully saturated rings. The Hall–Kier alpha value is -0.840. The van der Waals surface area contributed by atoms with E-state index >= 15 is 0 Å². The smallest absolute Gasteiger partial charge is 0.291 e. The van der Waals surface area contributed by atoms with Gasteiger partial charge in [-0.1, -0.05) is 22.9 Å². The van der Waals surface area contributed by atoms with Gasteiger partial charge in [0.25, 0.3) is 5.91 Å². The highest BCUT2D eigenvalue weighted by atomic mass is 79.9. The summed E-state index contributed by atoms with van der Waals surface area (Å²) in [6.07, 6.45) is 0.935. The number of nitrogens with zero attached hydrogens (tertiary/aromatic N) is 2. The summed E-state index contributed by atoms with van der Waals surface area (Å²) in [5.74, 6) is 0.836. The van der Waals surface area contributed by atoms with Crippen LogP contribution in [0.15, 0.2) is 4.42 Å². The number of carbonyl (C=O) groups excluding carboxylic acids is 1. The summed E-state index contributed by atoms with van der Waals surface area (Å²) in [6, 6.07) is 0. The highest BCUT2D eigenvalue weighted by molar-refractivity contribution is 9.09. The van der Waals surface area contributed by atoms with Crippen molar-refractivity contribution in [2.45, 2.75) is 27.2 Å². The third-order valence-corrected chi connectivity index (χ3v) is 2.59. The maximum absolute atomic E-state index is 12.1. The first-order valence-corrected chi connectivity index (χ1v) is 6.51. The van der Waals surface area contributed by atoms with Gasteiger partial charge >= 0.3 is 0 Å². The second-order valence-corrected chi connectivity index (χ2v) is 4.42. The fourth-order valence-corrected chi connectivity index (χ4v) is 1.99. The largest absolute Gasteiger partial charge is 0.436 e. The molecule has 1 rings (SSSR count). The van der Waals surface area contributed by atoms with Crippen LogP contribution in [-0.4, -0.2) is 34.2 Å². The van der Waals surface area contributed by atoms with Crippen molar-refractivity contribution in [2.75, 3.05) is 18.4 Å². The number of alkyl halides is 1. The van der Waals surface area contributed by atoms with E-state index in [0.29, 0.717) is 23.9 Å². The first kappa shape index (κ1) is 13.2. The van der Waals surface area contributed by atoms with E-state index in [0.717, 1.165) is 18.3 Å². The van der Waals surface area contributed by atoms with Gasteiger partial charge in [-0.05, 0) is 13.3 Å². The summed E-state index contributed by atoms with van der Waals surface area (Å²) in [6.45, 7) is 7.02. The highest BCUT2D eigenvalue weighted by Crippen LogP contribution is 2.13. The maximum atomic E-state index is 12.1. The number of rotatable bonds is 5. The zero-order valence-electron chi connectivity index (χ0n) is 9.92. The lowest BCUT2D eigenvalue weighted by Gasteiger charge is -2.19. The Morgan fingerprint density at radius 2 is 2.12 bits per heavy atom. The molecule has 1 heterocycles. The molecule has 0 aromatic carbocycles. The molecule has 4 nitrogen and oxygen atoms in total. The molecule has 0 aliphatic heterocycles. The summed E-state index contributed by atoms with van der Waals surface area (Å²) in [5, 5.41) is 0.769. The Morgan fingerprint density at radius 3 is 2.56 bits per heavy atom. The van der Waals surface area contributed by atoms with E-state index in [2.05, 4.69) is 20.9 Å². The summed E-state index contributed by atoms with van der Waals surface area (Å²) >= 11 is 3.34. The SMILES string of the molecule is CCCN(CCBr)C(=O)c1oc(C)nc1C. The van der Waals surface area contributed by atoms with E-state index < -0.39 is 0 Å². The first-order valence-electron chi connectivity index (χ1n) is 5.39. The van der Waals surface area contributed by atoms with Crippen molar-refractivity contribution in [1.82, 2.24) is 9.88 Å². The van der Waals surface area contributed by atoms with Gasteiger partial charge in [0.15, 0.2) is 5.89 Å². The fourth-order valence-electron chi connectivity index (χ4n) is 1.56. The molecule has 0 atom stereocenters. The standard InChI is InChI=1S/C11H17BrN2O2/c1-4-6-14(7-5-12)11(15)10-8(2)13-9(3)16-10/h4-7H2,1-3H3. The van der Waals surface area contributed by atoms with Gasteiger partial charge in [0.2, 0.25) is 5.76 Å². The molecule has 0 unspecified atom stereocenters. The first-order chi connectivity index (χ1) is 7.60. The maximum Gasteiger partial charge on any atom is 0.291 e. The second-order valence-electron chi connectivity index (χ2n) is 3.63. The number of aromatic nitrogens is 1. The number of carbonyl (C=O) groups is 1. The molecule has 16 heavy (non-hydrogen) atoms. The monoisotopic (exact) mass is 288 g/mol. The highest BCUT2D eigenvalue weighted by Gasteiger charge is 2.21. The average Bonchev–Trinajstić information content (AvgIpc) is 2.56. The van der Waals surface area contributed by atoms with Gasteiger partial charge in [0.1, 0.15) is 0 Å². The summed E-state index contributed by atoms with van der Waals surface area (Å²) in [4.78, 5) is 18.0. The van der Waals surface area contributed by atoms with E-state index in [1.54, 1.807) is 18.7 Å². The average molecular weight is 289 g/mol. The van der Waals surface area contributed by atoms with Crippen molar-refractivity contribution in [3.8, 4) is 0 Å². The van der Waals surface area contributed by atoms with Crippen LogP contribution < -0.4 is 0 Å². The van der Waals surface area contributed by atoms with E-state index in [-0.39, 0.29) is 5.91 Å². The Kier molecular flexibility index (Phi) is 4.99. The van der Waals surface area contributed by atoms with Crippen LogP contribution >= 0.6 is 15.9 Å². The van der Waals surface area contributed by atoms with Crippen LogP contribution in [0.4, 0.5) is 0 Å². The number of hydrogen-bond acceptors (Lipinski definition) is 3. The van der Waals surface area contributed by atoms with Gasteiger partial charge < -0.3 is 9.32 Å². The topological polar surface area (TPSA) is 46.3 Å². The van der Waals surface area contributed by atoms with Crippen molar-refractivity contribution in [3.63, 3.8) is 0 Å². The molecule has 0 radical (unpaired) electrons. The van der Waals surface area contributed by atoms with Crippen LogP contribution in [0, 0.1) is 13.8 Å². The van der Waals surface area contributed by atoms with Gasteiger partial charge in [-0.3, -0.25) is 4.79 Å². The van der Waals surface area contributed by atoms with Gasteiger partial charge in [-0.25, -0.2) is 4.98 Å². The normalized spacial score (nSPS) is 10.5. The van der Waals surface area contributed by atoms with Crippen molar-refractivity contribution in [1.29, 1.82) is 0 Å². The lowest BCUT2D eigenvalue weighted by molar-refractivity contribution is 0.0732. The number of aryl methyl sites for hydroxylation is 2. The quantitative estimate of drug-likeness (QED) is 0.783. The Balaban J connectivity index is 2.85. The van der Waals surface area contributed by atoms with E-state index in [1.807, 2.05) is 6.92 Å². The number of oxazole rings is 1. The van der Waals surface area contributed by atoms with Crippen LogP contribution in [0.5, 0.6) is 0 Å². The van der Waals surface area contributed by atoms with Crippen LogP contribution in [0.1, 0.15) is 35.5 Å². The molecule has 0 saturated heterocycles. The molecule has 1 aromatic heterocycles. The van der Waals surface area contributed by atoms with Crippen LogP contribution in [0.3, 0.4) is 0 Å². The van der Waals surface area contributed by atoms with Crippen LogP contribution in [0.2, 0.25) is 0 Å². The third-order valence-electron chi connectivity index (χ3n) is 2.23. The van der Waals surface area contributed by atoms with Gasteiger partial charge in [0, 0.05) is 25.3 Å². The molecule has 90 valence electrons. The predicted octanol–water partition coefficient (Wildman–Crippen LogP) is 2.54. The molecule has 0 spiro atoms. The van der Waals surface area contributed by atoms with Crippen LogP contribution in [-0.2, 0) is 0 Å². The minimum atomic E-state index is -0.0700. The van der Waals surface area contributed by atoms with E-state index in [4.69, 9.17) is 4.42 Å². The summed E-state index contributed by atoms with van der Waals surface area (Å²) in [7, 11) is 0. The van der Waals surface area contributed by atoms with Gasteiger partial charge in [0.05, 0.1) is 5.69 Å². The fraction of sp³-hybridized carbons (Fsp3) is 0.636. The lowest BCUT2D eigenvalue weighted by Crippen LogP contribution is -2.33. The Labute approximate surface area is 104 Å². The summed E-state index contributed by atoms with van der Waals surface area (Å²) in [5.41, 5.74) is 0.665. The number of halogens is 1. The minimum absolute atomic E-state index is 0.0700. The lowest BCUT2D eigenvalue weighted by atomic mass is 10.3. The molecule has 0 bridgehead atoms. The minimum Gasteiger partial charge on any atom is -0.436 e. The molecular weight excluding hydrogens is 272 g/mol. The van der Waals surface area contributed by atoms with Crippen molar-refractivity contribution in [3.05, 3.63) is 17.3 Å². The molecule has 0 aliphatic carbocycles. The molecule has 5 heteroatoms. The molecule has 1 aromatic rings. The van der Waals surface area contributed by atoms with Gasteiger partial charge in [-0.15, -0.1) is 0 Å². The Bertz CT molecular complexity index is 357. The van der Waals surface area contributed by atoms with Crippen molar-refractivity contribution >= 4 is 21.8 Å². The van der Waals surface area contributed by atoms with Crippen molar-refractivity contribution in [2.24, 2.45) is 0 Å². The summed E-state index contributed by atoms with van der Waals surface area (Å²) < 4.78 is 5.33. The zero-order valence-corrected chi connectivity index (χ0v) is 11.5. The predicted molar refractivity (Wildman–Crippen MR) is 66.0 cm³/mol. The van der Waals surface area contributed by atoms with Crippen molar-refractivity contribution < 1.29 is 9.21 Å². The van der Waals surface area contributed by atoms with Crippen LogP contribution in [0.25, 0.3) is 0 Å². The second kappa shape index (κ2) is 6.03. The molecular formula is C11H17BrN2O2. The number of hydrogen-bond donors (Lipinski definition) is 0. The molecule has 0 aliphatic rings.